The number of hydrogen-bond acceptors (Lipinski definition) is 1. The normalized spacial score (nSPS) is 16.9. The minimum Gasteiger partial charge on any atom is -0.478 e. The summed E-state index contributed by atoms with van der Waals surface area (Å²) in [6.45, 7) is 2.12. The van der Waals surface area contributed by atoms with E-state index in [1.807, 2.05) is 12.1 Å². The summed E-state index contributed by atoms with van der Waals surface area (Å²) in [6.07, 6.45) is 6.31. The minimum atomic E-state index is -0.851. The van der Waals surface area contributed by atoms with Crippen LogP contribution in [-0.4, -0.2) is 15.6 Å². The number of carboxylic acids is 1. The van der Waals surface area contributed by atoms with Crippen LogP contribution in [0.5, 0.6) is 0 Å². The van der Waals surface area contributed by atoms with Crippen LogP contribution >= 0.6 is 0 Å². The average Bonchev–Trinajstić information content (AvgIpc) is 2.74. The molecular formula is C16H19NO2. The van der Waals surface area contributed by atoms with Gasteiger partial charge in [0, 0.05) is 17.3 Å². The topological polar surface area (TPSA) is 42.2 Å². The average molecular weight is 257 g/mol. The monoisotopic (exact) mass is 257 g/mol. The molecule has 1 saturated carbocycles. The fourth-order valence-corrected chi connectivity index (χ4v) is 3.32. The molecule has 0 spiro atoms. The summed E-state index contributed by atoms with van der Waals surface area (Å²) in [4.78, 5) is 11.1. The highest BCUT2D eigenvalue weighted by Gasteiger charge is 2.19. The molecule has 3 rings (SSSR count). The molecule has 3 heteroatoms. The lowest BCUT2D eigenvalue weighted by molar-refractivity contribution is 0.0697. The van der Waals surface area contributed by atoms with E-state index in [-0.39, 0.29) is 0 Å². The third-order valence-electron chi connectivity index (χ3n) is 4.22. The molecule has 0 bridgehead atoms. The molecule has 1 aliphatic rings. The molecule has 0 amide bonds. The first kappa shape index (κ1) is 12.3. The van der Waals surface area contributed by atoms with Gasteiger partial charge >= 0.3 is 5.97 Å². The van der Waals surface area contributed by atoms with Crippen molar-refractivity contribution in [1.29, 1.82) is 0 Å². The summed E-state index contributed by atoms with van der Waals surface area (Å²) in [5, 5.41) is 10.3. The fourth-order valence-electron chi connectivity index (χ4n) is 3.32. The highest BCUT2D eigenvalue weighted by Crippen LogP contribution is 2.33. The molecule has 0 radical (unpaired) electrons. The Morgan fingerprint density at radius 2 is 1.95 bits per heavy atom. The van der Waals surface area contributed by atoms with E-state index in [0.29, 0.717) is 11.6 Å². The first-order valence-corrected chi connectivity index (χ1v) is 7.02. The van der Waals surface area contributed by atoms with Crippen molar-refractivity contribution in [2.75, 3.05) is 0 Å². The summed E-state index contributed by atoms with van der Waals surface area (Å²) in [6, 6.07) is 8.13. The molecule has 0 unspecified atom stereocenters. The van der Waals surface area contributed by atoms with E-state index in [1.165, 1.54) is 37.8 Å². The second-order valence-electron chi connectivity index (χ2n) is 5.53. The largest absolute Gasteiger partial charge is 0.478 e. The van der Waals surface area contributed by atoms with Crippen molar-refractivity contribution in [3.63, 3.8) is 0 Å². The zero-order valence-corrected chi connectivity index (χ0v) is 11.2. The van der Waals surface area contributed by atoms with Crippen molar-refractivity contribution in [1.82, 2.24) is 4.57 Å². The summed E-state index contributed by atoms with van der Waals surface area (Å²) in [5.74, 6) is -0.851. The predicted molar refractivity (Wildman–Crippen MR) is 75.8 cm³/mol. The highest BCUT2D eigenvalue weighted by atomic mass is 16.4. The molecule has 100 valence electrons. The number of rotatable bonds is 2. The fraction of sp³-hybridized carbons (Fsp3) is 0.438. The van der Waals surface area contributed by atoms with Crippen LogP contribution in [0, 0.1) is 6.92 Å². The van der Waals surface area contributed by atoms with Crippen molar-refractivity contribution in [3.8, 4) is 0 Å². The number of fused-ring (bicyclic) bond motifs is 1. The Balaban J connectivity index is 2.13. The lowest BCUT2D eigenvalue weighted by atomic mass is 9.95. The van der Waals surface area contributed by atoms with E-state index in [1.54, 1.807) is 6.07 Å². The quantitative estimate of drug-likeness (QED) is 0.878. The van der Waals surface area contributed by atoms with Gasteiger partial charge in [-0.05, 0) is 43.4 Å². The zero-order valence-electron chi connectivity index (χ0n) is 11.2. The van der Waals surface area contributed by atoms with Crippen LogP contribution in [0.1, 0.15) is 54.2 Å². The maximum Gasteiger partial charge on any atom is 0.335 e. The van der Waals surface area contributed by atoms with Crippen LogP contribution in [0.4, 0.5) is 0 Å². The van der Waals surface area contributed by atoms with Crippen LogP contribution in [0.25, 0.3) is 10.9 Å². The molecule has 1 aromatic heterocycles. The van der Waals surface area contributed by atoms with Gasteiger partial charge < -0.3 is 9.67 Å². The van der Waals surface area contributed by atoms with E-state index in [0.717, 1.165) is 10.9 Å². The van der Waals surface area contributed by atoms with Crippen LogP contribution in [-0.2, 0) is 0 Å². The SMILES string of the molecule is Cc1cc2ccc(C(=O)O)cc2n1C1CCCCC1. The second kappa shape index (κ2) is 4.72. The van der Waals surface area contributed by atoms with E-state index in [2.05, 4.69) is 17.6 Å². The van der Waals surface area contributed by atoms with E-state index >= 15 is 0 Å². The Kier molecular flexibility index (Phi) is 3.05. The first-order valence-electron chi connectivity index (χ1n) is 7.02. The van der Waals surface area contributed by atoms with Gasteiger partial charge in [-0.25, -0.2) is 4.79 Å². The third kappa shape index (κ3) is 2.14. The van der Waals surface area contributed by atoms with Crippen molar-refractivity contribution >= 4 is 16.9 Å². The molecule has 1 N–H and O–H groups in total. The molecule has 1 aliphatic carbocycles. The molecule has 0 aliphatic heterocycles. The number of hydrogen-bond donors (Lipinski definition) is 1. The number of aromatic carboxylic acids is 1. The third-order valence-corrected chi connectivity index (χ3v) is 4.22. The van der Waals surface area contributed by atoms with Crippen LogP contribution in [0.3, 0.4) is 0 Å². The maximum absolute atomic E-state index is 11.1. The highest BCUT2D eigenvalue weighted by molar-refractivity contribution is 5.93. The number of carboxylic acid groups (broad SMARTS) is 1. The number of nitrogens with zero attached hydrogens (tertiary/aromatic N) is 1. The summed E-state index contributed by atoms with van der Waals surface area (Å²) < 4.78 is 2.35. The number of aryl methyl sites for hydroxylation is 1. The smallest absolute Gasteiger partial charge is 0.335 e. The van der Waals surface area contributed by atoms with Crippen LogP contribution < -0.4 is 0 Å². The van der Waals surface area contributed by atoms with E-state index < -0.39 is 5.97 Å². The molecule has 2 aromatic rings. The predicted octanol–water partition coefficient (Wildman–Crippen LogP) is 4.15. The maximum atomic E-state index is 11.1. The standard InChI is InChI=1S/C16H19NO2/c1-11-9-12-7-8-13(16(18)19)10-15(12)17(11)14-5-3-2-4-6-14/h7-10,14H,2-6H2,1H3,(H,18,19). The zero-order chi connectivity index (χ0) is 13.4. The molecule has 1 heterocycles. The summed E-state index contributed by atoms with van der Waals surface area (Å²) >= 11 is 0. The Bertz CT molecular complexity index is 621. The molecular weight excluding hydrogens is 238 g/mol. The Labute approximate surface area is 112 Å². The van der Waals surface area contributed by atoms with Crippen LogP contribution in [0.2, 0.25) is 0 Å². The first-order chi connectivity index (χ1) is 9.16. The number of benzene rings is 1. The van der Waals surface area contributed by atoms with E-state index in [9.17, 15) is 4.79 Å². The Morgan fingerprint density at radius 1 is 1.21 bits per heavy atom. The lowest BCUT2D eigenvalue weighted by Crippen LogP contribution is -2.13. The van der Waals surface area contributed by atoms with Gasteiger partial charge in [-0.1, -0.05) is 25.3 Å². The van der Waals surface area contributed by atoms with Gasteiger partial charge in [0.05, 0.1) is 5.56 Å². The summed E-state index contributed by atoms with van der Waals surface area (Å²) in [7, 11) is 0. The molecule has 1 fully saturated rings. The molecule has 19 heavy (non-hydrogen) atoms. The van der Waals surface area contributed by atoms with Crippen molar-refractivity contribution in [3.05, 3.63) is 35.5 Å². The van der Waals surface area contributed by atoms with Gasteiger partial charge in [0.2, 0.25) is 0 Å². The minimum absolute atomic E-state index is 0.377. The Hall–Kier alpha value is -1.77. The number of carbonyl (C=O) groups is 1. The molecule has 0 atom stereocenters. The molecule has 1 aromatic carbocycles. The van der Waals surface area contributed by atoms with Crippen LogP contribution in [0.15, 0.2) is 24.3 Å². The lowest BCUT2D eigenvalue weighted by Gasteiger charge is -2.25. The van der Waals surface area contributed by atoms with Gasteiger partial charge in [-0.3, -0.25) is 0 Å². The van der Waals surface area contributed by atoms with Gasteiger partial charge in [0.25, 0.3) is 0 Å². The van der Waals surface area contributed by atoms with Gasteiger partial charge in [-0.15, -0.1) is 0 Å². The molecule has 0 saturated heterocycles. The van der Waals surface area contributed by atoms with E-state index in [4.69, 9.17) is 5.11 Å². The van der Waals surface area contributed by atoms with Gasteiger partial charge in [0.1, 0.15) is 0 Å². The van der Waals surface area contributed by atoms with Gasteiger partial charge in [-0.2, -0.15) is 0 Å². The number of aromatic nitrogens is 1. The van der Waals surface area contributed by atoms with Gasteiger partial charge in [0.15, 0.2) is 0 Å². The second-order valence-corrected chi connectivity index (χ2v) is 5.53. The Morgan fingerprint density at radius 3 is 2.63 bits per heavy atom. The summed E-state index contributed by atoms with van der Waals surface area (Å²) in [5.41, 5.74) is 2.69. The van der Waals surface area contributed by atoms with Crippen molar-refractivity contribution in [2.24, 2.45) is 0 Å². The van der Waals surface area contributed by atoms with Crippen molar-refractivity contribution in [2.45, 2.75) is 45.1 Å². The van der Waals surface area contributed by atoms with Crippen molar-refractivity contribution < 1.29 is 9.90 Å². The molecule has 3 nitrogen and oxygen atoms in total.